The summed E-state index contributed by atoms with van der Waals surface area (Å²) in [6.07, 6.45) is 33.6. The van der Waals surface area contributed by atoms with Gasteiger partial charge in [0.1, 0.15) is 5.57 Å². The van der Waals surface area contributed by atoms with Crippen LogP contribution in [-0.4, -0.2) is 29.4 Å². The summed E-state index contributed by atoms with van der Waals surface area (Å²) in [5.41, 5.74) is 1.00. The van der Waals surface area contributed by atoms with E-state index in [0.29, 0.717) is 0 Å². The van der Waals surface area contributed by atoms with E-state index in [9.17, 15) is 14.7 Å². The van der Waals surface area contributed by atoms with Crippen molar-refractivity contribution in [1.29, 1.82) is 0 Å². The normalized spacial score (nSPS) is 16.0. The average Bonchev–Trinajstić information content (AvgIpc) is 3.47. The maximum atomic E-state index is 13.0. The number of rotatable bonds is 28. The van der Waals surface area contributed by atoms with Gasteiger partial charge in [-0.05, 0) is 45.1 Å². The fourth-order valence-corrected chi connectivity index (χ4v) is 6.07. The molecule has 0 bridgehead atoms. The smallest absolute Gasteiger partial charge is 0.339 e. The van der Waals surface area contributed by atoms with Crippen molar-refractivity contribution < 1.29 is 14.7 Å². The van der Waals surface area contributed by atoms with E-state index in [1.54, 1.807) is 0 Å². The Hall–Kier alpha value is -1.16. The van der Waals surface area contributed by atoms with Crippen LogP contribution in [0.4, 0.5) is 0 Å². The van der Waals surface area contributed by atoms with Crippen molar-refractivity contribution in [1.82, 2.24) is 5.32 Å². The van der Waals surface area contributed by atoms with Gasteiger partial charge in [0, 0.05) is 0 Å². The zero-order chi connectivity index (χ0) is 28.4. The van der Waals surface area contributed by atoms with Crippen LogP contribution in [0.25, 0.3) is 0 Å². The average molecular weight is 548 g/mol. The number of allylic oxidation sites excluding steroid dienone is 1. The SMILES string of the molecule is CCCCCCCCCCCCCCCCCCCCCC/C(CCCCC)=C(/C(=O)O)C(=O)C1CCCN1. The molecule has 1 fully saturated rings. The molecule has 4 nitrogen and oxygen atoms in total. The molecule has 0 saturated carbocycles. The van der Waals surface area contributed by atoms with Gasteiger partial charge in [-0.15, -0.1) is 0 Å². The van der Waals surface area contributed by atoms with Crippen molar-refractivity contribution in [2.45, 2.75) is 193 Å². The number of carbonyl (C=O) groups excluding carboxylic acids is 1. The maximum Gasteiger partial charge on any atom is 0.339 e. The Balaban J connectivity index is 2.09. The van der Waals surface area contributed by atoms with Crippen molar-refractivity contribution in [3.63, 3.8) is 0 Å². The lowest BCUT2D eigenvalue weighted by Crippen LogP contribution is -2.34. The molecule has 228 valence electrons. The van der Waals surface area contributed by atoms with Gasteiger partial charge in [-0.25, -0.2) is 4.79 Å². The standard InChI is InChI=1S/C35H65NO3/c1-3-5-7-8-9-10-11-12-13-14-15-16-17-18-19-20-21-22-23-25-28-31(27-24-6-4-2)33(35(38)39)34(37)32-29-26-30-36-32/h32,36H,3-30H2,1-2H3,(H,38,39)/b33-31+. The van der Waals surface area contributed by atoms with Gasteiger partial charge in [0.05, 0.1) is 6.04 Å². The van der Waals surface area contributed by atoms with E-state index in [1.165, 1.54) is 116 Å². The molecule has 1 saturated heterocycles. The van der Waals surface area contributed by atoms with Crippen molar-refractivity contribution in [3.05, 3.63) is 11.1 Å². The van der Waals surface area contributed by atoms with E-state index in [0.717, 1.165) is 69.9 Å². The fourth-order valence-electron chi connectivity index (χ4n) is 6.07. The quantitative estimate of drug-likeness (QED) is 0.0442. The van der Waals surface area contributed by atoms with E-state index in [1.807, 2.05) is 0 Å². The number of hydrogen-bond acceptors (Lipinski definition) is 3. The third kappa shape index (κ3) is 18.7. The molecule has 1 rings (SSSR count). The summed E-state index contributed by atoms with van der Waals surface area (Å²) in [6, 6.07) is -0.299. The Bertz CT molecular complexity index is 636. The third-order valence-corrected chi connectivity index (χ3v) is 8.60. The van der Waals surface area contributed by atoms with E-state index in [2.05, 4.69) is 19.2 Å². The molecular formula is C35H65NO3. The largest absolute Gasteiger partial charge is 0.478 e. The van der Waals surface area contributed by atoms with Crippen LogP contribution in [0.1, 0.15) is 187 Å². The lowest BCUT2D eigenvalue weighted by molar-refractivity contribution is -0.135. The highest BCUT2D eigenvalue weighted by Crippen LogP contribution is 2.24. The summed E-state index contributed by atoms with van der Waals surface area (Å²) >= 11 is 0. The van der Waals surface area contributed by atoms with Crippen LogP contribution in [0.2, 0.25) is 0 Å². The first kappa shape index (κ1) is 35.9. The maximum absolute atomic E-state index is 13.0. The van der Waals surface area contributed by atoms with Gasteiger partial charge < -0.3 is 10.4 Å². The molecule has 1 heterocycles. The molecule has 0 aromatic carbocycles. The summed E-state index contributed by atoms with van der Waals surface area (Å²) in [4.78, 5) is 25.0. The van der Waals surface area contributed by atoms with Gasteiger partial charge in [-0.2, -0.15) is 0 Å². The van der Waals surface area contributed by atoms with Crippen LogP contribution in [0.3, 0.4) is 0 Å². The van der Waals surface area contributed by atoms with E-state index in [4.69, 9.17) is 0 Å². The van der Waals surface area contributed by atoms with Crippen molar-refractivity contribution >= 4 is 11.8 Å². The highest BCUT2D eigenvalue weighted by atomic mass is 16.4. The summed E-state index contributed by atoms with van der Waals surface area (Å²) in [5.74, 6) is -1.20. The summed E-state index contributed by atoms with van der Waals surface area (Å²) < 4.78 is 0. The second kappa shape index (κ2) is 25.8. The predicted molar refractivity (Wildman–Crippen MR) is 167 cm³/mol. The number of carboxylic acids is 1. The summed E-state index contributed by atoms with van der Waals surface area (Å²) in [5, 5.41) is 13.1. The lowest BCUT2D eigenvalue weighted by atomic mass is 9.91. The molecule has 1 atom stereocenters. The molecule has 4 heteroatoms. The Morgan fingerprint density at radius 3 is 1.31 bits per heavy atom. The van der Waals surface area contributed by atoms with Crippen LogP contribution in [0.15, 0.2) is 11.1 Å². The van der Waals surface area contributed by atoms with Gasteiger partial charge in [0.2, 0.25) is 0 Å². The van der Waals surface area contributed by atoms with Crippen LogP contribution in [0, 0.1) is 0 Å². The summed E-state index contributed by atoms with van der Waals surface area (Å²) in [7, 11) is 0. The molecule has 0 amide bonds. The molecule has 1 aliphatic heterocycles. The van der Waals surface area contributed by atoms with E-state index >= 15 is 0 Å². The molecule has 2 N–H and O–H groups in total. The lowest BCUT2D eigenvalue weighted by Gasteiger charge is -2.15. The minimum atomic E-state index is -1.02. The minimum Gasteiger partial charge on any atom is -0.478 e. The molecule has 0 aromatic heterocycles. The number of carboxylic acid groups (broad SMARTS) is 1. The Kier molecular flexibility index (Phi) is 23.7. The van der Waals surface area contributed by atoms with Crippen LogP contribution in [0.5, 0.6) is 0 Å². The molecule has 39 heavy (non-hydrogen) atoms. The first-order valence-corrected chi connectivity index (χ1v) is 17.3. The number of aliphatic carboxylic acids is 1. The molecule has 0 aromatic rings. The topological polar surface area (TPSA) is 66.4 Å². The molecule has 0 aliphatic carbocycles. The second-order valence-corrected chi connectivity index (χ2v) is 12.2. The monoisotopic (exact) mass is 547 g/mol. The van der Waals surface area contributed by atoms with Gasteiger partial charge in [-0.1, -0.05) is 154 Å². The van der Waals surface area contributed by atoms with Crippen molar-refractivity contribution in [2.75, 3.05) is 6.54 Å². The zero-order valence-corrected chi connectivity index (χ0v) is 26.1. The molecule has 0 spiro atoms. The second-order valence-electron chi connectivity index (χ2n) is 12.2. The van der Waals surface area contributed by atoms with Gasteiger partial charge in [-0.3, -0.25) is 4.79 Å². The van der Waals surface area contributed by atoms with Gasteiger partial charge in [0.15, 0.2) is 5.78 Å². The zero-order valence-electron chi connectivity index (χ0n) is 26.1. The van der Waals surface area contributed by atoms with Crippen LogP contribution < -0.4 is 5.32 Å². The number of hydrogen-bond donors (Lipinski definition) is 2. The number of nitrogens with one attached hydrogen (secondary N) is 1. The minimum absolute atomic E-state index is 0.100. The van der Waals surface area contributed by atoms with E-state index in [-0.39, 0.29) is 17.4 Å². The van der Waals surface area contributed by atoms with Crippen molar-refractivity contribution in [3.8, 4) is 0 Å². The molecule has 1 aliphatic rings. The van der Waals surface area contributed by atoms with Crippen LogP contribution in [-0.2, 0) is 9.59 Å². The predicted octanol–water partition coefficient (Wildman–Crippen LogP) is 10.5. The highest BCUT2D eigenvalue weighted by Gasteiger charge is 2.30. The van der Waals surface area contributed by atoms with Crippen molar-refractivity contribution in [2.24, 2.45) is 0 Å². The first-order valence-electron chi connectivity index (χ1n) is 17.3. The number of unbranched alkanes of at least 4 members (excludes halogenated alkanes) is 21. The van der Waals surface area contributed by atoms with Gasteiger partial charge in [0.25, 0.3) is 0 Å². The fraction of sp³-hybridized carbons (Fsp3) is 0.886. The Morgan fingerprint density at radius 2 is 0.949 bits per heavy atom. The third-order valence-electron chi connectivity index (χ3n) is 8.60. The number of ketones is 1. The molecule has 1 unspecified atom stereocenters. The Morgan fingerprint density at radius 1 is 0.590 bits per heavy atom. The van der Waals surface area contributed by atoms with Gasteiger partial charge >= 0.3 is 5.97 Å². The number of Topliss-reactive ketones (excluding diaryl/α,β-unsaturated/α-hetero) is 1. The molecule has 0 radical (unpaired) electrons. The van der Waals surface area contributed by atoms with Crippen LogP contribution >= 0.6 is 0 Å². The highest BCUT2D eigenvalue weighted by molar-refractivity contribution is 6.19. The summed E-state index contributed by atoms with van der Waals surface area (Å²) in [6.45, 7) is 5.26. The first-order chi connectivity index (χ1) is 19.1. The number of carbonyl (C=O) groups is 2. The van der Waals surface area contributed by atoms with E-state index < -0.39 is 5.97 Å². The molecular weight excluding hydrogens is 482 g/mol. The Labute approximate surface area is 242 Å².